The minimum atomic E-state index is -0.0816. The molecule has 24 heavy (non-hydrogen) atoms. The number of nitrogens with two attached hydrogens (primary N) is 1. The predicted molar refractivity (Wildman–Crippen MR) is 95.3 cm³/mol. The van der Waals surface area contributed by atoms with Gasteiger partial charge in [-0.2, -0.15) is 0 Å². The van der Waals surface area contributed by atoms with Crippen LogP contribution in [-0.2, 0) is 13.1 Å². The van der Waals surface area contributed by atoms with Crippen molar-refractivity contribution in [2.75, 3.05) is 26.2 Å². The van der Waals surface area contributed by atoms with Crippen molar-refractivity contribution in [1.29, 1.82) is 0 Å². The molecule has 2 heterocycles. The van der Waals surface area contributed by atoms with Gasteiger partial charge in [-0.1, -0.05) is 24.3 Å². The molecule has 2 N–H and O–H groups in total. The number of hydrogen-bond donors (Lipinski definition) is 1. The van der Waals surface area contributed by atoms with Crippen molar-refractivity contribution in [1.82, 2.24) is 9.47 Å². The molecule has 0 unspecified atom stereocenters. The van der Waals surface area contributed by atoms with E-state index in [2.05, 4.69) is 4.90 Å². The van der Waals surface area contributed by atoms with Crippen molar-refractivity contribution in [2.24, 2.45) is 5.73 Å². The zero-order chi connectivity index (χ0) is 16.8. The van der Waals surface area contributed by atoms with Crippen LogP contribution in [0.1, 0.15) is 24.0 Å². The fourth-order valence-corrected chi connectivity index (χ4v) is 3.02. The molecule has 5 heteroatoms. The fourth-order valence-electron chi connectivity index (χ4n) is 3.02. The van der Waals surface area contributed by atoms with Crippen LogP contribution in [0.5, 0.6) is 5.75 Å². The van der Waals surface area contributed by atoms with Crippen LogP contribution in [0.25, 0.3) is 0 Å². The SMILES string of the molecule is NCc1ccc(Cn2cccc(OCCN3CCCC3)c2=O)cc1. The highest BCUT2D eigenvalue weighted by Crippen LogP contribution is 2.09. The molecular formula is C19H25N3O2. The summed E-state index contributed by atoms with van der Waals surface area (Å²) in [5.74, 6) is 0.426. The highest BCUT2D eigenvalue weighted by Gasteiger charge is 2.11. The minimum absolute atomic E-state index is 0.0816. The third-order valence-corrected chi connectivity index (χ3v) is 4.46. The number of hydrogen-bond acceptors (Lipinski definition) is 4. The van der Waals surface area contributed by atoms with Crippen LogP contribution in [0.4, 0.5) is 0 Å². The lowest BCUT2D eigenvalue weighted by Gasteiger charge is -2.15. The summed E-state index contributed by atoms with van der Waals surface area (Å²) >= 11 is 0. The molecule has 1 aliphatic heterocycles. The summed E-state index contributed by atoms with van der Waals surface area (Å²) in [6.07, 6.45) is 4.33. The average molecular weight is 327 g/mol. The number of aromatic nitrogens is 1. The molecule has 0 radical (unpaired) electrons. The second-order valence-corrected chi connectivity index (χ2v) is 6.22. The van der Waals surface area contributed by atoms with Gasteiger partial charge >= 0.3 is 0 Å². The first-order valence-electron chi connectivity index (χ1n) is 8.59. The molecule has 0 atom stereocenters. The van der Waals surface area contributed by atoms with E-state index in [1.165, 1.54) is 12.8 Å². The number of rotatable bonds is 7. The molecule has 1 saturated heterocycles. The fraction of sp³-hybridized carbons (Fsp3) is 0.421. The Bertz CT molecular complexity index is 703. The first-order valence-corrected chi connectivity index (χ1v) is 8.59. The summed E-state index contributed by atoms with van der Waals surface area (Å²) in [5.41, 5.74) is 7.69. The van der Waals surface area contributed by atoms with Gasteiger partial charge in [-0.15, -0.1) is 0 Å². The zero-order valence-electron chi connectivity index (χ0n) is 14.0. The molecule has 0 bridgehead atoms. The highest BCUT2D eigenvalue weighted by molar-refractivity contribution is 5.24. The predicted octanol–water partition coefficient (Wildman–Crippen LogP) is 1.83. The normalized spacial score (nSPS) is 14.9. The molecule has 0 saturated carbocycles. The number of pyridine rings is 1. The topological polar surface area (TPSA) is 60.5 Å². The van der Waals surface area contributed by atoms with Gasteiger partial charge in [-0.3, -0.25) is 9.69 Å². The van der Waals surface area contributed by atoms with Crippen LogP contribution in [0, 0.1) is 0 Å². The summed E-state index contributed by atoms with van der Waals surface area (Å²) in [6, 6.07) is 11.6. The molecular weight excluding hydrogens is 302 g/mol. The molecule has 0 spiro atoms. The van der Waals surface area contributed by atoms with Gasteiger partial charge in [0.15, 0.2) is 5.75 Å². The Morgan fingerprint density at radius 2 is 1.75 bits per heavy atom. The van der Waals surface area contributed by atoms with Crippen LogP contribution in [0.15, 0.2) is 47.4 Å². The maximum absolute atomic E-state index is 12.5. The third kappa shape index (κ3) is 4.24. The maximum atomic E-state index is 12.5. The molecule has 1 aliphatic rings. The molecule has 128 valence electrons. The highest BCUT2D eigenvalue weighted by atomic mass is 16.5. The van der Waals surface area contributed by atoms with Crippen molar-refractivity contribution < 1.29 is 4.74 Å². The second-order valence-electron chi connectivity index (χ2n) is 6.22. The van der Waals surface area contributed by atoms with Gasteiger partial charge in [0, 0.05) is 19.3 Å². The van der Waals surface area contributed by atoms with E-state index in [1.54, 1.807) is 16.8 Å². The third-order valence-electron chi connectivity index (χ3n) is 4.46. The Morgan fingerprint density at radius 1 is 1.04 bits per heavy atom. The van der Waals surface area contributed by atoms with Gasteiger partial charge < -0.3 is 15.0 Å². The van der Waals surface area contributed by atoms with Gasteiger partial charge in [0.1, 0.15) is 6.61 Å². The van der Waals surface area contributed by atoms with Crippen molar-refractivity contribution >= 4 is 0 Å². The zero-order valence-corrected chi connectivity index (χ0v) is 14.0. The van der Waals surface area contributed by atoms with Crippen LogP contribution in [0.2, 0.25) is 0 Å². The maximum Gasteiger partial charge on any atom is 0.293 e. The van der Waals surface area contributed by atoms with E-state index in [9.17, 15) is 4.79 Å². The summed E-state index contributed by atoms with van der Waals surface area (Å²) in [4.78, 5) is 14.9. The Kier molecular flexibility index (Phi) is 5.67. The van der Waals surface area contributed by atoms with Crippen LogP contribution >= 0.6 is 0 Å². The van der Waals surface area contributed by atoms with Crippen LogP contribution < -0.4 is 16.0 Å². The molecule has 5 nitrogen and oxygen atoms in total. The first kappa shape index (κ1) is 16.7. The van der Waals surface area contributed by atoms with E-state index in [0.29, 0.717) is 25.4 Å². The second kappa shape index (κ2) is 8.13. The quantitative estimate of drug-likeness (QED) is 0.843. The van der Waals surface area contributed by atoms with E-state index >= 15 is 0 Å². The Hall–Kier alpha value is -2.11. The molecule has 1 aromatic heterocycles. The van der Waals surface area contributed by atoms with Gasteiger partial charge in [0.25, 0.3) is 5.56 Å². The lowest BCUT2D eigenvalue weighted by atomic mass is 10.1. The Balaban J connectivity index is 1.62. The van der Waals surface area contributed by atoms with E-state index in [1.807, 2.05) is 30.3 Å². The van der Waals surface area contributed by atoms with Gasteiger partial charge in [0.2, 0.25) is 0 Å². The van der Waals surface area contributed by atoms with Gasteiger partial charge in [-0.25, -0.2) is 0 Å². The molecule has 1 aromatic carbocycles. The van der Waals surface area contributed by atoms with E-state index in [-0.39, 0.29) is 5.56 Å². The minimum Gasteiger partial charge on any atom is -0.487 e. The number of ether oxygens (including phenoxy) is 1. The van der Waals surface area contributed by atoms with Crippen molar-refractivity contribution in [3.63, 3.8) is 0 Å². The van der Waals surface area contributed by atoms with Crippen molar-refractivity contribution in [2.45, 2.75) is 25.9 Å². The smallest absolute Gasteiger partial charge is 0.293 e. The average Bonchev–Trinajstić information content (AvgIpc) is 3.12. The number of nitrogens with zero attached hydrogens (tertiary/aromatic N) is 2. The van der Waals surface area contributed by atoms with E-state index in [4.69, 9.17) is 10.5 Å². The summed E-state index contributed by atoms with van der Waals surface area (Å²) < 4.78 is 7.41. The Labute approximate surface area is 142 Å². The number of likely N-dealkylation sites (tertiary alicyclic amines) is 1. The number of benzene rings is 1. The van der Waals surface area contributed by atoms with Crippen molar-refractivity contribution in [3.8, 4) is 5.75 Å². The molecule has 0 amide bonds. The standard InChI is InChI=1S/C19H25N3O2/c20-14-16-5-7-17(8-6-16)15-22-11-3-4-18(19(22)23)24-13-12-21-9-1-2-10-21/h3-8,11H,1-2,9-10,12-15,20H2. The molecule has 3 rings (SSSR count). The summed E-state index contributed by atoms with van der Waals surface area (Å²) in [5, 5.41) is 0. The monoisotopic (exact) mass is 327 g/mol. The molecule has 2 aromatic rings. The van der Waals surface area contributed by atoms with E-state index in [0.717, 1.165) is 30.8 Å². The molecule has 1 fully saturated rings. The molecule has 0 aliphatic carbocycles. The summed E-state index contributed by atoms with van der Waals surface area (Å²) in [7, 11) is 0. The van der Waals surface area contributed by atoms with Crippen LogP contribution in [0.3, 0.4) is 0 Å². The van der Waals surface area contributed by atoms with Crippen molar-refractivity contribution in [3.05, 3.63) is 64.1 Å². The largest absolute Gasteiger partial charge is 0.487 e. The van der Waals surface area contributed by atoms with Crippen LogP contribution in [-0.4, -0.2) is 35.7 Å². The van der Waals surface area contributed by atoms with Gasteiger partial charge in [-0.05, 0) is 49.2 Å². The summed E-state index contributed by atoms with van der Waals surface area (Å²) in [6.45, 7) is 4.79. The first-order chi connectivity index (χ1) is 11.8. The van der Waals surface area contributed by atoms with Gasteiger partial charge in [0.05, 0.1) is 6.54 Å². The Morgan fingerprint density at radius 3 is 2.46 bits per heavy atom. The van der Waals surface area contributed by atoms with E-state index < -0.39 is 0 Å². The lowest BCUT2D eigenvalue weighted by Crippen LogP contribution is -2.27. The lowest BCUT2D eigenvalue weighted by molar-refractivity contribution is 0.235.